The lowest BCUT2D eigenvalue weighted by Crippen LogP contribution is -2.49. The second-order valence-electron chi connectivity index (χ2n) is 4.75. The molecule has 3 N–H and O–H groups in total. The molecule has 1 heterocycles. The zero-order valence-corrected chi connectivity index (χ0v) is 11.1. The van der Waals surface area contributed by atoms with E-state index in [0.717, 1.165) is 4.90 Å². The van der Waals surface area contributed by atoms with Crippen LogP contribution in [0.4, 0.5) is 18.0 Å². The molecule has 1 rings (SSSR count). The van der Waals surface area contributed by atoms with Crippen LogP contribution in [0.15, 0.2) is 0 Å². The van der Waals surface area contributed by atoms with E-state index in [1.54, 1.807) is 7.05 Å². The van der Waals surface area contributed by atoms with E-state index >= 15 is 0 Å². The minimum Gasteiger partial charge on any atom is -0.481 e. The van der Waals surface area contributed by atoms with Crippen LogP contribution in [0, 0.1) is 5.41 Å². The normalized spacial score (nSPS) is 22.9. The number of alkyl halides is 3. The molecule has 1 aliphatic heterocycles. The van der Waals surface area contributed by atoms with Gasteiger partial charge in [0, 0.05) is 19.6 Å². The number of carboxylic acids is 1. The molecule has 6 nitrogen and oxygen atoms in total. The van der Waals surface area contributed by atoms with Crippen LogP contribution < -0.4 is 10.6 Å². The molecule has 1 fully saturated rings. The number of hydrogen-bond acceptors (Lipinski definition) is 3. The Balaban J connectivity index is 2.61. The monoisotopic (exact) mass is 297 g/mol. The second-order valence-corrected chi connectivity index (χ2v) is 4.75. The largest absolute Gasteiger partial charge is 0.481 e. The summed E-state index contributed by atoms with van der Waals surface area (Å²) in [7, 11) is 1.74. The molecule has 0 saturated carbocycles. The Morgan fingerprint density at radius 3 is 2.45 bits per heavy atom. The molecule has 20 heavy (non-hydrogen) atoms. The van der Waals surface area contributed by atoms with Crippen molar-refractivity contribution in [3.63, 3.8) is 0 Å². The molecule has 0 bridgehead atoms. The topological polar surface area (TPSA) is 81.7 Å². The van der Waals surface area contributed by atoms with Crippen LogP contribution in [-0.4, -0.2) is 61.4 Å². The lowest BCUT2D eigenvalue weighted by atomic mass is 9.86. The Morgan fingerprint density at radius 2 is 2.00 bits per heavy atom. The zero-order valence-electron chi connectivity index (χ0n) is 11.1. The van der Waals surface area contributed by atoms with Crippen molar-refractivity contribution in [3.8, 4) is 0 Å². The fraction of sp³-hybridized carbons (Fsp3) is 0.818. The first-order chi connectivity index (χ1) is 9.24. The first-order valence-corrected chi connectivity index (χ1v) is 6.22. The smallest absolute Gasteiger partial charge is 0.406 e. The summed E-state index contributed by atoms with van der Waals surface area (Å²) in [5.74, 6) is -1.93. The fourth-order valence-electron chi connectivity index (χ4n) is 2.08. The summed E-state index contributed by atoms with van der Waals surface area (Å²) in [6.07, 6.45) is -4.85. The van der Waals surface area contributed by atoms with Gasteiger partial charge in [-0.05, 0) is 26.4 Å². The van der Waals surface area contributed by atoms with Gasteiger partial charge in [-0.15, -0.1) is 0 Å². The maximum absolute atomic E-state index is 12.9. The number of rotatable bonds is 5. The average molecular weight is 297 g/mol. The van der Waals surface area contributed by atoms with Crippen molar-refractivity contribution in [2.24, 2.45) is 5.41 Å². The summed E-state index contributed by atoms with van der Waals surface area (Å²) in [6, 6.07) is -0.659. The molecule has 0 radical (unpaired) electrons. The Bertz CT molecular complexity index is 376. The third kappa shape index (κ3) is 3.33. The molecule has 0 aliphatic carbocycles. The number of urea groups is 1. The maximum atomic E-state index is 12.9. The maximum Gasteiger partial charge on any atom is 0.406 e. The lowest BCUT2D eigenvalue weighted by Gasteiger charge is -2.27. The van der Waals surface area contributed by atoms with Crippen LogP contribution in [0.2, 0.25) is 0 Å². The quantitative estimate of drug-likeness (QED) is 0.651. The molecular weight excluding hydrogens is 279 g/mol. The zero-order chi connectivity index (χ0) is 15.4. The molecule has 0 aromatic rings. The number of nitrogens with zero attached hydrogens (tertiary/aromatic N) is 1. The fourth-order valence-corrected chi connectivity index (χ4v) is 2.08. The van der Waals surface area contributed by atoms with Crippen molar-refractivity contribution in [2.45, 2.75) is 19.0 Å². The van der Waals surface area contributed by atoms with Gasteiger partial charge in [0.2, 0.25) is 0 Å². The number of likely N-dealkylation sites (tertiary alicyclic amines) is 1. The van der Waals surface area contributed by atoms with Gasteiger partial charge >= 0.3 is 18.2 Å². The van der Waals surface area contributed by atoms with Gasteiger partial charge in [0.05, 0.1) is 0 Å². The molecule has 1 atom stereocenters. The summed E-state index contributed by atoms with van der Waals surface area (Å²) in [6.45, 7) is -0.0719. The molecular formula is C11H18F3N3O3. The highest BCUT2D eigenvalue weighted by Crippen LogP contribution is 2.45. The molecule has 9 heteroatoms. The van der Waals surface area contributed by atoms with Crippen molar-refractivity contribution in [1.29, 1.82) is 0 Å². The summed E-state index contributed by atoms with van der Waals surface area (Å²) < 4.78 is 38.7. The lowest BCUT2D eigenvalue weighted by molar-refractivity contribution is -0.226. The predicted octanol–water partition coefficient (Wildman–Crippen LogP) is 0.645. The van der Waals surface area contributed by atoms with E-state index in [2.05, 4.69) is 10.6 Å². The summed E-state index contributed by atoms with van der Waals surface area (Å²) in [5.41, 5.74) is -2.85. The Morgan fingerprint density at radius 1 is 1.35 bits per heavy atom. The van der Waals surface area contributed by atoms with E-state index in [1.807, 2.05) is 0 Å². The SMILES string of the molecule is CNCCCNC(=O)N1CCC(C(=O)O)(C(F)(F)F)C1. The first-order valence-electron chi connectivity index (χ1n) is 6.22. The van der Waals surface area contributed by atoms with Gasteiger partial charge in [0.1, 0.15) is 0 Å². The van der Waals surface area contributed by atoms with Gasteiger partial charge in [0.25, 0.3) is 0 Å². The molecule has 0 aromatic heterocycles. The van der Waals surface area contributed by atoms with Gasteiger partial charge in [-0.1, -0.05) is 0 Å². The van der Waals surface area contributed by atoms with Gasteiger partial charge in [0.15, 0.2) is 5.41 Å². The molecule has 0 spiro atoms. The first kappa shape index (κ1) is 16.5. The second kappa shape index (κ2) is 6.29. The standard InChI is InChI=1S/C11H18F3N3O3/c1-15-4-2-5-16-9(20)17-6-3-10(7-17,8(18)19)11(12,13)14/h15H,2-7H2,1H3,(H,16,20)(H,18,19). The third-order valence-electron chi connectivity index (χ3n) is 3.39. The van der Waals surface area contributed by atoms with Crippen LogP contribution in [0.3, 0.4) is 0 Å². The van der Waals surface area contributed by atoms with Crippen LogP contribution in [0.5, 0.6) is 0 Å². The van der Waals surface area contributed by atoms with Gasteiger partial charge in [-0.3, -0.25) is 4.79 Å². The van der Waals surface area contributed by atoms with Gasteiger partial charge in [-0.25, -0.2) is 4.79 Å². The third-order valence-corrected chi connectivity index (χ3v) is 3.39. The molecule has 1 aliphatic rings. The highest BCUT2D eigenvalue weighted by Gasteiger charge is 2.64. The van der Waals surface area contributed by atoms with E-state index < -0.39 is 36.6 Å². The van der Waals surface area contributed by atoms with Crippen molar-refractivity contribution in [3.05, 3.63) is 0 Å². The average Bonchev–Trinajstić information content (AvgIpc) is 2.80. The van der Waals surface area contributed by atoms with Gasteiger partial charge < -0.3 is 20.6 Å². The summed E-state index contributed by atoms with van der Waals surface area (Å²) in [4.78, 5) is 23.5. The summed E-state index contributed by atoms with van der Waals surface area (Å²) >= 11 is 0. The van der Waals surface area contributed by atoms with E-state index in [9.17, 15) is 22.8 Å². The van der Waals surface area contributed by atoms with Crippen molar-refractivity contribution in [2.75, 3.05) is 33.2 Å². The number of halogens is 3. The molecule has 2 amide bonds. The van der Waals surface area contributed by atoms with E-state index in [0.29, 0.717) is 19.5 Å². The molecule has 0 aromatic carbocycles. The number of hydrogen-bond donors (Lipinski definition) is 3. The van der Waals surface area contributed by atoms with Crippen molar-refractivity contribution in [1.82, 2.24) is 15.5 Å². The van der Waals surface area contributed by atoms with Crippen LogP contribution >= 0.6 is 0 Å². The van der Waals surface area contributed by atoms with Crippen molar-refractivity contribution < 1.29 is 27.9 Å². The number of aliphatic carboxylic acids is 1. The molecule has 1 unspecified atom stereocenters. The van der Waals surface area contributed by atoms with Crippen molar-refractivity contribution >= 4 is 12.0 Å². The highest BCUT2D eigenvalue weighted by atomic mass is 19.4. The number of carbonyl (C=O) groups excluding carboxylic acids is 1. The van der Waals surface area contributed by atoms with Crippen LogP contribution in [-0.2, 0) is 4.79 Å². The number of carbonyl (C=O) groups is 2. The number of nitrogens with one attached hydrogen (secondary N) is 2. The Hall–Kier alpha value is -1.51. The van der Waals surface area contributed by atoms with Gasteiger partial charge in [-0.2, -0.15) is 13.2 Å². The minimum atomic E-state index is -4.88. The minimum absolute atomic E-state index is 0.219. The Kier molecular flexibility index (Phi) is 5.21. The summed E-state index contributed by atoms with van der Waals surface area (Å²) in [5, 5.41) is 14.2. The highest BCUT2D eigenvalue weighted by molar-refractivity contribution is 5.80. The van der Waals surface area contributed by atoms with E-state index in [4.69, 9.17) is 5.11 Å². The van der Waals surface area contributed by atoms with E-state index in [-0.39, 0.29) is 6.54 Å². The van der Waals surface area contributed by atoms with Crippen LogP contribution in [0.25, 0.3) is 0 Å². The Labute approximate surface area is 114 Å². The molecule has 116 valence electrons. The molecule has 1 saturated heterocycles. The van der Waals surface area contributed by atoms with E-state index in [1.165, 1.54) is 0 Å². The number of amides is 2. The number of carboxylic acid groups (broad SMARTS) is 1. The predicted molar refractivity (Wildman–Crippen MR) is 64.3 cm³/mol. The van der Waals surface area contributed by atoms with Crippen LogP contribution in [0.1, 0.15) is 12.8 Å².